The van der Waals surface area contributed by atoms with Crippen LogP contribution in [0.4, 0.5) is 0 Å². The van der Waals surface area contributed by atoms with Gasteiger partial charge in [0.05, 0.1) is 17.2 Å². The summed E-state index contributed by atoms with van der Waals surface area (Å²) < 4.78 is 19.6. The Kier molecular flexibility index (Phi) is 5.39. The van der Waals surface area contributed by atoms with Crippen LogP contribution in [0, 0.1) is 5.92 Å². The lowest BCUT2D eigenvalue weighted by Gasteiger charge is -2.44. The SMILES string of the molecule is CCOC(=O)[C@@H]1[C@H]2c3ccccc3O[C@@]1(C)N=c1s/c(=C/c3ccc(-c4cccc(Cl)c4)o3)c(=O)n12. The zero-order valence-corrected chi connectivity index (χ0v) is 21.0. The predicted molar refractivity (Wildman–Crippen MR) is 136 cm³/mol. The first-order valence-electron chi connectivity index (χ1n) is 11.5. The third kappa shape index (κ3) is 3.60. The first kappa shape index (κ1) is 22.8. The van der Waals surface area contributed by atoms with Crippen molar-refractivity contribution in [3.8, 4) is 17.1 Å². The van der Waals surface area contributed by atoms with Crippen LogP contribution in [0.1, 0.15) is 31.2 Å². The Labute approximate surface area is 214 Å². The van der Waals surface area contributed by atoms with Crippen LogP contribution in [-0.2, 0) is 9.53 Å². The second-order valence-corrected chi connectivity index (χ2v) is 10.2. The van der Waals surface area contributed by atoms with E-state index in [4.69, 9.17) is 30.5 Å². The highest BCUT2D eigenvalue weighted by Gasteiger charge is 2.55. The monoisotopic (exact) mass is 520 g/mol. The van der Waals surface area contributed by atoms with Gasteiger partial charge >= 0.3 is 5.97 Å². The summed E-state index contributed by atoms with van der Waals surface area (Å²) in [5, 5.41) is 0.610. The fourth-order valence-corrected chi connectivity index (χ4v) is 6.16. The summed E-state index contributed by atoms with van der Waals surface area (Å²) in [6.07, 6.45) is 1.69. The largest absolute Gasteiger partial charge is 0.466 e. The number of thiazole rings is 1. The maximum Gasteiger partial charge on any atom is 0.317 e. The molecule has 2 aliphatic heterocycles. The van der Waals surface area contributed by atoms with Crippen LogP contribution in [0.25, 0.3) is 17.4 Å². The van der Waals surface area contributed by atoms with Crippen LogP contribution in [0.2, 0.25) is 5.02 Å². The van der Waals surface area contributed by atoms with E-state index >= 15 is 0 Å². The summed E-state index contributed by atoms with van der Waals surface area (Å²) in [5.74, 6) is 0.505. The average molecular weight is 521 g/mol. The molecule has 0 unspecified atom stereocenters. The molecule has 2 bridgehead atoms. The molecular weight excluding hydrogens is 500 g/mol. The van der Waals surface area contributed by atoms with Gasteiger partial charge in [0.25, 0.3) is 5.56 Å². The molecule has 0 N–H and O–H groups in total. The van der Waals surface area contributed by atoms with Crippen LogP contribution >= 0.6 is 22.9 Å². The number of hydrogen-bond donors (Lipinski definition) is 0. The van der Waals surface area contributed by atoms with Gasteiger partial charge in [-0.1, -0.05) is 53.3 Å². The molecule has 6 rings (SSSR count). The van der Waals surface area contributed by atoms with Crippen molar-refractivity contribution in [2.45, 2.75) is 25.6 Å². The predicted octanol–water partition coefficient (Wildman–Crippen LogP) is 4.16. The number of esters is 1. The number of hydrogen-bond acceptors (Lipinski definition) is 7. The van der Waals surface area contributed by atoms with E-state index in [1.807, 2.05) is 48.5 Å². The van der Waals surface area contributed by atoms with Crippen LogP contribution in [-0.4, -0.2) is 22.9 Å². The lowest BCUT2D eigenvalue weighted by molar-refractivity contribution is -0.160. The Morgan fingerprint density at radius 3 is 2.86 bits per heavy atom. The third-order valence-corrected chi connectivity index (χ3v) is 7.65. The number of para-hydroxylation sites is 1. The van der Waals surface area contributed by atoms with Crippen molar-refractivity contribution in [1.29, 1.82) is 0 Å². The molecule has 0 spiro atoms. The molecule has 9 heteroatoms. The van der Waals surface area contributed by atoms with E-state index in [1.165, 1.54) is 11.3 Å². The van der Waals surface area contributed by atoms with Crippen molar-refractivity contribution in [3.05, 3.63) is 96.7 Å². The molecule has 0 fully saturated rings. The van der Waals surface area contributed by atoms with Gasteiger partial charge in [-0.2, -0.15) is 0 Å². The van der Waals surface area contributed by atoms with Gasteiger partial charge < -0.3 is 13.9 Å². The second kappa shape index (κ2) is 8.50. The number of carbonyl (C=O) groups excluding carboxylic acids is 1. The van der Waals surface area contributed by atoms with Gasteiger partial charge in [0.15, 0.2) is 4.80 Å². The highest BCUT2D eigenvalue weighted by molar-refractivity contribution is 7.07. The summed E-state index contributed by atoms with van der Waals surface area (Å²) in [5.41, 5.74) is 0.131. The maximum atomic E-state index is 13.7. The number of rotatable bonds is 4. The van der Waals surface area contributed by atoms with E-state index in [9.17, 15) is 9.59 Å². The zero-order chi connectivity index (χ0) is 25.0. The molecule has 2 aromatic carbocycles. The Bertz CT molecular complexity index is 1690. The smallest absolute Gasteiger partial charge is 0.317 e. The van der Waals surface area contributed by atoms with Crippen LogP contribution in [0.3, 0.4) is 0 Å². The quantitative estimate of drug-likeness (QED) is 0.377. The van der Waals surface area contributed by atoms with E-state index in [1.54, 1.807) is 36.6 Å². The fourth-order valence-electron chi connectivity index (χ4n) is 4.89. The number of nitrogens with zero attached hydrogens (tertiary/aromatic N) is 2. The maximum absolute atomic E-state index is 13.7. The molecule has 0 amide bonds. The molecule has 182 valence electrons. The van der Waals surface area contributed by atoms with Crippen molar-refractivity contribution < 1.29 is 18.7 Å². The third-order valence-electron chi connectivity index (χ3n) is 6.43. The topological polar surface area (TPSA) is 83.0 Å². The standard InChI is InChI=1S/C27H21ClN2O5S/c1-3-33-25(32)22-23-18-9-4-5-10-20(18)35-27(22,2)29-26-30(23)24(31)21(36-26)14-17-11-12-19(34-17)15-7-6-8-16(28)13-15/h4-14,22-23H,3H2,1-2H3/b21-14+/t22-,23+,27+/m0/s1. The van der Waals surface area contributed by atoms with Gasteiger partial charge in [0.1, 0.15) is 23.2 Å². The van der Waals surface area contributed by atoms with Gasteiger partial charge in [-0.05, 0) is 44.2 Å². The minimum atomic E-state index is -1.20. The first-order valence-corrected chi connectivity index (χ1v) is 12.7. The Morgan fingerprint density at radius 2 is 2.06 bits per heavy atom. The van der Waals surface area contributed by atoms with Gasteiger partial charge in [-0.3, -0.25) is 14.2 Å². The highest BCUT2D eigenvalue weighted by Crippen LogP contribution is 2.47. The molecule has 4 heterocycles. The molecule has 3 atom stereocenters. The molecular formula is C27H21ClN2O5S. The first-order chi connectivity index (χ1) is 17.4. The lowest BCUT2D eigenvalue weighted by Crippen LogP contribution is -2.58. The van der Waals surface area contributed by atoms with Crippen molar-refractivity contribution in [1.82, 2.24) is 4.57 Å². The molecule has 2 aromatic heterocycles. The summed E-state index contributed by atoms with van der Waals surface area (Å²) in [6.45, 7) is 3.73. The van der Waals surface area contributed by atoms with Gasteiger partial charge in [-0.15, -0.1) is 0 Å². The number of aromatic nitrogens is 1. The van der Waals surface area contributed by atoms with Crippen molar-refractivity contribution in [3.63, 3.8) is 0 Å². The number of ether oxygens (including phenoxy) is 2. The molecule has 7 nitrogen and oxygen atoms in total. The molecule has 0 saturated heterocycles. The van der Waals surface area contributed by atoms with E-state index in [0.29, 0.717) is 31.6 Å². The summed E-state index contributed by atoms with van der Waals surface area (Å²) in [6, 6.07) is 17.8. The second-order valence-electron chi connectivity index (χ2n) is 8.76. The van der Waals surface area contributed by atoms with E-state index < -0.39 is 23.7 Å². The fraction of sp³-hybridized carbons (Fsp3) is 0.222. The zero-order valence-electron chi connectivity index (χ0n) is 19.4. The molecule has 0 saturated carbocycles. The molecule has 0 radical (unpaired) electrons. The van der Waals surface area contributed by atoms with E-state index in [2.05, 4.69) is 0 Å². The van der Waals surface area contributed by atoms with Crippen LogP contribution < -0.4 is 19.6 Å². The van der Waals surface area contributed by atoms with Crippen molar-refractivity contribution in [2.75, 3.05) is 6.61 Å². The van der Waals surface area contributed by atoms with Gasteiger partial charge in [0.2, 0.25) is 5.72 Å². The number of fused-ring (bicyclic) bond motifs is 6. The van der Waals surface area contributed by atoms with E-state index in [0.717, 1.165) is 11.1 Å². The summed E-state index contributed by atoms with van der Waals surface area (Å²) in [7, 11) is 0. The van der Waals surface area contributed by atoms with Crippen LogP contribution in [0.5, 0.6) is 5.75 Å². The Balaban J connectivity index is 1.50. The molecule has 4 aromatic rings. The molecule has 0 aliphatic carbocycles. The number of furan rings is 1. The average Bonchev–Trinajstić information content (AvgIpc) is 3.43. The van der Waals surface area contributed by atoms with Crippen molar-refractivity contribution >= 4 is 35.0 Å². The lowest BCUT2D eigenvalue weighted by atomic mass is 9.81. The van der Waals surface area contributed by atoms with Crippen molar-refractivity contribution in [2.24, 2.45) is 10.9 Å². The van der Waals surface area contributed by atoms with Gasteiger partial charge in [0, 0.05) is 22.2 Å². The van der Waals surface area contributed by atoms with Crippen LogP contribution in [0.15, 0.2) is 74.9 Å². The summed E-state index contributed by atoms with van der Waals surface area (Å²) >= 11 is 7.35. The minimum absolute atomic E-state index is 0.220. The van der Waals surface area contributed by atoms with E-state index in [-0.39, 0.29) is 12.2 Å². The number of carbonyl (C=O) groups is 1. The number of halogens is 1. The molecule has 2 aliphatic rings. The van der Waals surface area contributed by atoms with Gasteiger partial charge in [-0.25, -0.2) is 4.99 Å². The highest BCUT2D eigenvalue weighted by atomic mass is 35.5. The minimum Gasteiger partial charge on any atom is -0.466 e. The Morgan fingerprint density at radius 1 is 1.22 bits per heavy atom. The summed E-state index contributed by atoms with van der Waals surface area (Å²) in [4.78, 5) is 32.1. The Hall–Kier alpha value is -3.62. The normalized spacial score (nSPS) is 22.2. The number of benzene rings is 2. The molecule has 36 heavy (non-hydrogen) atoms.